The molecule has 28 heavy (non-hydrogen) atoms. The van der Waals surface area contributed by atoms with E-state index in [1.807, 2.05) is 0 Å². The van der Waals surface area contributed by atoms with Crippen LogP contribution in [0, 0.1) is 0 Å². The van der Waals surface area contributed by atoms with Crippen molar-refractivity contribution in [3.63, 3.8) is 0 Å². The van der Waals surface area contributed by atoms with Crippen molar-refractivity contribution in [3.05, 3.63) is 58.1 Å². The van der Waals surface area contributed by atoms with Crippen molar-refractivity contribution in [2.24, 2.45) is 5.10 Å². The molecule has 0 aliphatic carbocycles. The third-order valence-electron chi connectivity index (χ3n) is 3.98. The third kappa shape index (κ3) is 5.56. The summed E-state index contributed by atoms with van der Waals surface area (Å²) in [5.41, 5.74) is 4.20. The van der Waals surface area contributed by atoms with E-state index in [-0.39, 0.29) is 5.91 Å². The first-order valence-electron chi connectivity index (χ1n) is 8.48. The zero-order valence-corrected chi connectivity index (χ0v) is 17.7. The molecular weight excluding hydrogens is 426 g/mol. The van der Waals surface area contributed by atoms with Crippen LogP contribution >= 0.6 is 15.9 Å². The molecule has 0 aromatic heterocycles. The largest absolute Gasteiger partial charge is 0.497 e. The molecule has 0 saturated heterocycles. The SMILES string of the molecule is COc1ccc(/C(C)=N/NC(=O)C(C)NC(=O)c2ccc(Br)cc2)c(OC)c1. The minimum atomic E-state index is -0.759. The fourth-order valence-corrected chi connectivity index (χ4v) is 2.60. The number of amides is 2. The van der Waals surface area contributed by atoms with Crippen LogP contribution in [0.5, 0.6) is 11.5 Å². The first-order valence-corrected chi connectivity index (χ1v) is 9.28. The zero-order chi connectivity index (χ0) is 20.7. The second-order valence-corrected chi connectivity index (χ2v) is 6.86. The standard InChI is InChI=1S/C20H22BrN3O4/c1-12(17-10-9-16(27-3)11-18(17)28-4)23-24-19(25)13(2)22-20(26)14-5-7-15(21)8-6-14/h5-11,13H,1-4H3,(H,22,26)(H,24,25)/b23-12+. The van der Waals surface area contributed by atoms with Gasteiger partial charge in [0.25, 0.3) is 11.8 Å². The number of halogens is 1. The first-order chi connectivity index (χ1) is 13.3. The van der Waals surface area contributed by atoms with Crippen molar-refractivity contribution in [3.8, 4) is 11.5 Å². The first kappa shape index (κ1) is 21.4. The fourth-order valence-electron chi connectivity index (χ4n) is 2.34. The molecule has 2 rings (SSSR count). The molecule has 0 heterocycles. The molecule has 1 unspecified atom stereocenters. The summed E-state index contributed by atoms with van der Waals surface area (Å²) in [4.78, 5) is 24.5. The Kier molecular flexibility index (Phi) is 7.57. The lowest BCUT2D eigenvalue weighted by atomic mass is 10.1. The lowest BCUT2D eigenvalue weighted by Crippen LogP contribution is -2.43. The normalized spacial score (nSPS) is 12.1. The second-order valence-electron chi connectivity index (χ2n) is 5.94. The Morgan fingerprint density at radius 1 is 1.07 bits per heavy atom. The van der Waals surface area contributed by atoms with E-state index in [1.165, 1.54) is 0 Å². The van der Waals surface area contributed by atoms with Crippen LogP contribution in [0.1, 0.15) is 29.8 Å². The van der Waals surface area contributed by atoms with Gasteiger partial charge in [-0.05, 0) is 50.2 Å². The Balaban J connectivity index is 2.01. The Morgan fingerprint density at radius 2 is 1.75 bits per heavy atom. The van der Waals surface area contributed by atoms with Crippen LogP contribution in [0.25, 0.3) is 0 Å². The van der Waals surface area contributed by atoms with Crippen molar-refractivity contribution >= 4 is 33.5 Å². The number of nitrogens with zero attached hydrogens (tertiary/aromatic N) is 1. The van der Waals surface area contributed by atoms with Crippen LogP contribution < -0.4 is 20.2 Å². The van der Waals surface area contributed by atoms with Gasteiger partial charge in [0.2, 0.25) is 0 Å². The number of methoxy groups -OCH3 is 2. The van der Waals surface area contributed by atoms with Crippen LogP contribution in [0.15, 0.2) is 52.0 Å². The van der Waals surface area contributed by atoms with Gasteiger partial charge in [0.15, 0.2) is 0 Å². The molecule has 7 nitrogen and oxygen atoms in total. The molecule has 2 N–H and O–H groups in total. The zero-order valence-electron chi connectivity index (χ0n) is 16.1. The molecule has 2 aromatic carbocycles. The van der Waals surface area contributed by atoms with Crippen LogP contribution in [-0.2, 0) is 4.79 Å². The molecule has 0 bridgehead atoms. The molecule has 0 aliphatic heterocycles. The van der Waals surface area contributed by atoms with Crippen LogP contribution in [0.4, 0.5) is 0 Å². The highest BCUT2D eigenvalue weighted by molar-refractivity contribution is 9.10. The van der Waals surface area contributed by atoms with Gasteiger partial charge in [-0.15, -0.1) is 0 Å². The van der Waals surface area contributed by atoms with E-state index in [4.69, 9.17) is 9.47 Å². The van der Waals surface area contributed by atoms with Crippen molar-refractivity contribution in [1.82, 2.24) is 10.7 Å². The summed E-state index contributed by atoms with van der Waals surface area (Å²) < 4.78 is 11.4. The lowest BCUT2D eigenvalue weighted by Gasteiger charge is -2.13. The van der Waals surface area contributed by atoms with Crippen LogP contribution in [-0.4, -0.2) is 37.8 Å². The Labute approximate surface area is 172 Å². The van der Waals surface area contributed by atoms with Crippen molar-refractivity contribution < 1.29 is 19.1 Å². The molecular formula is C20H22BrN3O4. The molecule has 8 heteroatoms. The summed E-state index contributed by atoms with van der Waals surface area (Å²) in [5.74, 6) is 0.457. The van der Waals surface area contributed by atoms with E-state index in [9.17, 15) is 9.59 Å². The smallest absolute Gasteiger partial charge is 0.262 e. The highest BCUT2D eigenvalue weighted by Gasteiger charge is 2.17. The maximum atomic E-state index is 12.3. The fraction of sp³-hybridized carbons (Fsp3) is 0.250. The van der Waals surface area contributed by atoms with Gasteiger partial charge in [-0.2, -0.15) is 5.10 Å². The molecule has 0 radical (unpaired) electrons. The Bertz CT molecular complexity index is 882. The van der Waals surface area contributed by atoms with Gasteiger partial charge in [0.05, 0.1) is 19.9 Å². The number of hydrazone groups is 1. The maximum absolute atomic E-state index is 12.3. The number of rotatable bonds is 7. The van der Waals surface area contributed by atoms with E-state index >= 15 is 0 Å². The number of carbonyl (C=O) groups is 2. The van der Waals surface area contributed by atoms with E-state index in [1.54, 1.807) is 70.5 Å². The highest BCUT2D eigenvalue weighted by atomic mass is 79.9. The molecule has 2 aromatic rings. The van der Waals surface area contributed by atoms with E-state index < -0.39 is 11.9 Å². The number of nitrogens with one attached hydrogen (secondary N) is 2. The topological polar surface area (TPSA) is 89.0 Å². The van der Waals surface area contributed by atoms with Crippen molar-refractivity contribution in [2.45, 2.75) is 19.9 Å². The van der Waals surface area contributed by atoms with Crippen molar-refractivity contribution in [1.29, 1.82) is 0 Å². The Morgan fingerprint density at radius 3 is 2.36 bits per heavy atom. The molecule has 0 fully saturated rings. The maximum Gasteiger partial charge on any atom is 0.262 e. The highest BCUT2D eigenvalue weighted by Crippen LogP contribution is 2.25. The molecule has 148 valence electrons. The van der Waals surface area contributed by atoms with E-state index in [0.717, 1.165) is 10.0 Å². The number of ether oxygens (including phenoxy) is 2. The number of benzene rings is 2. The molecule has 0 spiro atoms. The van der Waals surface area contributed by atoms with Crippen LogP contribution in [0.2, 0.25) is 0 Å². The van der Waals surface area contributed by atoms with Crippen LogP contribution in [0.3, 0.4) is 0 Å². The van der Waals surface area contributed by atoms with Gasteiger partial charge in [-0.25, -0.2) is 5.43 Å². The van der Waals surface area contributed by atoms with Gasteiger partial charge in [-0.3, -0.25) is 9.59 Å². The summed E-state index contributed by atoms with van der Waals surface area (Å²) in [6.45, 7) is 3.33. The summed E-state index contributed by atoms with van der Waals surface area (Å²) in [5, 5.41) is 6.75. The number of hydrogen-bond acceptors (Lipinski definition) is 5. The van der Waals surface area contributed by atoms with E-state index in [2.05, 4.69) is 31.8 Å². The van der Waals surface area contributed by atoms with E-state index in [0.29, 0.717) is 22.8 Å². The molecule has 1 atom stereocenters. The quantitative estimate of drug-likeness (QED) is 0.503. The van der Waals surface area contributed by atoms with Gasteiger partial charge < -0.3 is 14.8 Å². The third-order valence-corrected chi connectivity index (χ3v) is 4.51. The second kappa shape index (κ2) is 9.89. The van der Waals surface area contributed by atoms with Gasteiger partial charge in [-0.1, -0.05) is 15.9 Å². The summed E-state index contributed by atoms with van der Waals surface area (Å²) in [7, 11) is 3.11. The molecule has 0 saturated carbocycles. The summed E-state index contributed by atoms with van der Waals surface area (Å²) >= 11 is 3.31. The minimum absolute atomic E-state index is 0.340. The van der Waals surface area contributed by atoms with Gasteiger partial charge in [0, 0.05) is 21.7 Å². The predicted octanol–water partition coefficient (Wildman–Crippen LogP) is 3.13. The molecule has 2 amide bonds. The van der Waals surface area contributed by atoms with Crippen molar-refractivity contribution in [2.75, 3.05) is 14.2 Å². The lowest BCUT2D eigenvalue weighted by molar-refractivity contribution is -0.122. The average molecular weight is 448 g/mol. The minimum Gasteiger partial charge on any atom is -0.497 e. The van der Waals surface area contributed by atoms with Gasteiger partial charge in [0.1, 0.15) is 17.5 Å². The number of hydrogen-bond donors (Lipinski definition) is 2. The number of carbonyl (C=O) groups excluding carboxylic acids is 2. The summed E-state index contributed by atoms with van der Waals surface area (Å²) in [6.07, 6.45) is 0. The van der Waals surface area contributed by atoms with Gasteiger partial charge >= 0.3 is 0 Å². The summed E-state index contributed by atoms with van der Waals surface area (Å²) in [6, 6.07) is 11.4. The predicted molar refractivity (Wildman–Crippen MR) is 111 cm³/mol. The Hall–Kier alpha value is -2.87. The monoisotopic (exact) mass is 447 g/mol. The average Bonchev–Trinajstić information content (AvgIpc) is 2.71. The molecule has 0 aliphatic rings.